The zero-order chi connectivity index (χ0) is 14.7. The van der Waals surface area contributed by atoms with Gasteiger partial charge in [-0.25, -0.2) is 4.39 Å². The van der Waals surface area contributed by atoms with E-state index in [2.05, 4.69) is 15.9 Å². The van der Waals surface area contributed by atoms with Crippen LogP contribution in [0.25, 0.3) is 0 Å². The lowest BCUT2D eigenvalue weighted by Gasteiger charge is -2.40. The maximum absolute atomic E-state index is 13.7. The van der Waals surface area contributed by atoms with Crippen LogP contribution in [0.4, 0.5) is 10.1 Å². The van der Waals surface area contributed by atoms with Crippen molar-refractivity contribution in [3.05, 3.63) is 34.1 Å². The minimum atomic E-state index is -0.730. The van der Waals surface area contributed by atoms with Gasteiger partial charge < -0.3 is 9.47 Å². The summed E-state index contributed by atoms with van der Waals surface area (Å²) in [4.78, 5) is 10.1. The van der Waals surface area contributed by atoms with E-state index in [-0.39, 0.29) is 28.5 Å². The van der Waals surface area contributed by atoms with Crippen LogP contribution in [0.5, 0.6) is 5.75 Å². The molecule has 3 atom stereocenters. The highest BCUT2D eigenvalue weighted by atomic mass is 79.9. The van der Waals surface area contributed by atoms with E-state index in [0.29, 0.717) is 13.0 Å². The first-order valence-electron chi connectivity index (χ1n) is 6.39. The number of nitrogens with zero attached hydrogens (tertiary/aromatic N) is 1. The fourth-order valence-electron chi connectivity index (χ4n) is 1.97. The predicted octanol–water partition coefficient (Wildman–Crippen LogP) is 3.44. The Morgan fingerprint density at radius 3 is 2.85 bits per heavy atom. The van der Waals surface area contributed by atoms with Crippen molar-refractivity contribution in [3.63, 3.8) is 0 Å². The van der Waals surface area contributed by atoms with Crippen LogP contribution in [0.3, 0.4) is 0 Å². The van der Waals surface area contributed by atoms with Crippen molar-refractivity contribution in [1.82, 2.24) is 0 Å². The minimum absolute atomic E-state index is 0.0186. The number of benzene rings is 1. The Bertz CT molecular complexity index is 499. The number of hydrogen-bond acceptors (Lipinski definition) is 4. The first-order chi connectivity index (χ1) is 9.52. The van der Waals surface area contributed by atoms with Crippen LogP contribution in [0, 0.1) is 15.9 Å². The fraction of sp³-hybridized carbons (Fsp3) is 0.538. The number of alkyl halides is 1. The molecular weight excluding hydrogens is 333 g/mol. The molecule has 0 heterocycles. The number of ether oxygens (including phenoxy) is 2. The zero-order valence-electron chi connectivity index (χ0n) is 10.9. The van der Waals surface area contributed by atoms with Gasteiger partial charge in [0.1, 0.15) is 12.2 Å². The molecule has 7 heteroatoms. The molecule has 5 nitrogen and oxygen atoms in total. The highest BCUT2D eigenvalue weighted by Crippen LogP contribution is 2.35. The summed E-state index contributed by atoms with van der Waals surface area (Å²) in [5, 5.41) is 10.5. The van der Waals surface area contributed by atoms with E-state index < -0.39 is 10.7 Å². The molecule has 1 aromatic rings. The Hall–Kier alpha value is -1.21. The quantitative estimate of drug-likeness (QED) is 0.449. The predicted molar refractivity (Wildman–Crippen MR) is 74.8 cm³/mol. The first-order valence-corrected chi connectivity index (χ1v) is 7.30. The van der Waals surface area contributed by atoms with Crippen LogP contribution in [-0.2, 0) is 4.74 Å². The van der Waals surface area contributed by atoms with Crippen molar-refractivity contribution in [2.45, 2.75) is 36.8 Å². The lowest BCUT2D eigenvalue weighted by atomic mass is 9.91. The summed E-state index contributed by atoms with van der Waals surface area (Å²) in [5.74, 6) is -0.712. The number of rotatable bonds is 6. The normalized spacial score (nSPS) is 25.1. The molecular formula is C13H15BrFNO4. The summed E-state index contributed by atoms with van der Waals surface area (Å²) < 4.78 is 24.9. The van der Waals surface area contributed by atoms with Gasteiger partial charge in [-0.15, -0.1) is 0 Å². The van der Waals surface area contributed by atoms with Crippen LogP contribution in [0.15, 0.2) is 18.2 Å². The Morgan fingerprint density at radius 2 is 2.30 bits per heavy atom. The molecule has 0 saturated heterocycles. The molecule has 0 bridgehead atoms. The van der Waals surface area contributed by atoms with Gasteiger partial charge in [-0.1, -0.05) is 22.9 Å². The van der Waals surface area contributed by atoms with Gasteiger partial charge in [-0.2, -0.15) is 0 Å². The molecule has 2 rings (SSSR count). The lowest BCUT2D eigenvalue weighted by molar-refractivity contribution is -0.385. The molecule has 20 heavy (non-hydrogen) atoms. The average Bonchev–Trinajstić information content (AvgIpc) is 2.40. The van der Waals surface area contributed by atoms with Crippen molar-refractivity contribution in [2.24, 2.45) is 0 Å². The Balaban J connectivity index is 2.01. The van der Waals surface area contributed by atoms with E-state index >= 15 is 0 Å². The van der Waals surface area contributed by atoms with Crippen molar-refractivity contribution < 1.29 is 18.8 Å². The smallest absolute Gasteiger partial charge is 0.272 e. The highest BCUT2D eigenvalue weighted by Gasteiger charge is 2.42. The molecule has 110 valence electrons. The molecule has 1 fully saturated rings. The van der Waals surface area contributed by atoms with Gasteiger partial charge in [0.2, 0.25) is 0 Å². The molecule has 0 spiro atoms. The monoisotopic (exact) mass is 347 g/mol. The largest absolute Gasteiger partial charge is 0.485 e. The lowest BCUT2D eigenvalue weighted by Crippen LogP contribution is -2.52. The fourth-order valence-corrected chi connectivity index (χ4v) is 2.83. The molecule has 0 radical (unpaired) electrons. The summed E-state index contributed by atoms with van der Waals surface area (Å²) in [6.07, 6.45) is 1.26. The highest BCUT2D eigenvalue weighted by molar-refractivity contribution is 9.09. The van der Waals surface area contributed by atoms with E-state index in [9.17, 15) is 14.5 Å². The summed E-state index contributed by atoms with van der Waals surface area (Å²) >= 11 is 3.47. The Morgan fingerprint density at radius 1 is 1.55 bits per heavy atom. The Labute approximate surface area is 124 Å². The molecule has 3 unspecified atom stereocenters. The van der Waals surface area contributed by atoms with Crippen molar-refractivity contribution in [3.8, 4) is 5.75 Å². The maximum Gasteiger partial charge on any atom is 0.272 e. The van der Waals surface area contributed by atoms with Gasteiger partial charge in [-0.05, 0) is 12.5 Å². The minimum Gasteiger partial charge on any atom is -0.485 e. The van der Waals surface area contributed by atoms with Crippen molar-refractivity contribution >= 4 is 21.6 Å². The van der Waals surface area contributed by atoms with Crippen LogP contribution in [0.1, 0.15) is 19.8 Å². The van der Waals surface area contributed by atoms with E-state index in [1.54, 1.807) is 0 Å². The first kappa shape index (κ1) is 15.2. The van der Waals surface area contributed by atoms with E-state index in [1.165, 1.54) is 12.1 Å². The molecule has 1 aliphatic rings. The van der Waals surface area contributed by atoms with Gasteiger partial charge in [-0.3, -0.25) is 10.1 Å². The van der Waals surface area contributed by atoms with Crippen LogP contribution >= 0.6 is 15.9 Å². The number of halogens is 2. The van der Waals surface area contributed by atoms with Crippen LogP contribution in [-0.4, -0.2) is 28.6 Å². The second kappa shape index (κ2) is 6.49. The third-order valence-corrected chi connectivity index (χ3v) is 3.99. The zero-order valence-corrected chi connectivity index (χ0v) is 12.5. The standard InChI is InChI=1S/C13H15BrFNO4/c1-2-5-19-13-9(14)7-12(13)20-11-4-3-8(16(17)18)6-10(11)15/h3-4,6,9,12-13H,2,5,7H2,1H3. The number of non-ortho nitro benzene ring substituents is 1. The maximum atomic E-state index is 13.7. The van der Waals surface area contributed by atoms with Gasteiger partial charge in [0.05, 0.1) is 11.0 Å². The van der Waals surface area contributed by atoms with E-state index in [0.717, 1.165) is 12.5 Å². The third-order valence-electron chi connectivity index (χ3n) is 3.10. The second-order valence-electron chi connectivity index (χ2n) is 4.62. The molecule has 0 aliphatic heterocycles. The summed E-state index contributed by atoms with van der Waals surface area (Å²) in [6.45, 7) is 2.63. The van der Waals surface area contributed by atoms with Crippen molar-refractivity contribution in [2.75, 3.05) is 6.61 Å². The summed E-state index contributed by atoms with van der Waals surface area (Å²) in [6, 6.07) is 3.37. The molecule has 1 aromatic carbocycles. The Kier molecular flexibility index (Phi) is 4.93. The number of hydrogen-bond donors (Lipinski definition) is 0. The molecule has 0 amide bonds. The van der Waals surface area contributed by atoms with E-state index in [4.69, 9.17) is 9.47 Å². The summed E-state index contributed by atoms with van der Waals surface area (Å²) in [5.41, 5.74) is -0.291. The molecule has 1 aliphatic carbocycles. The van der Waals surface area contributed by atoms with Gasteiger partial charge >= 0.3 is 0 Å². The van der Waals surface area contributed by atoms with Crippen LogP contribution in [0.2, 0.25) is 0 Å². The molecule has 0 aromatic heterocycles. The third kappa shape index (κ3) is 3.27. The van der Waals surface area contributed by atoms with Gasteiger partial charge in [0.15, 0.2) is 11.6 Å². The van der Waals surface area contributed by atoms with Crippen molar-refractivity contribution in [1.29, 1.82) is 0 Å². The van der Waals surface area contributed by atoms with Gasteiger partial charge in [0, 0.05) is 23.9 Å². The topological polar surface area (TPSA) is 61.6 Å². The van der Waals surface area contributed by atoms with Crippen LogP contribution < -0.4 is 4.74 Å². The SMILES string of the molecule is CCCOC1C(Br)CC1Oc1ccc([N+](=O)[O-])cc1F. The number of nitro groups is 1. The van der Waals surface area contributed by atoms with Gasteiger partial charge in [0.25, 0.3) is 5.69 Å². The second-order valence-corrected chi connectivity index (χ2v) is 5.79. The average molecular weight is 348 g/mol. The number of nitro benzene ring substituents is 1. The molecule has 0 N–H and O–H groups in total. The summed E-state index contributed by atoms with van der Waals surface area (Å²) in [7, 11) is 0. The molecule has 1 saturated carbocycles. The van der Waals surface area contributed by atoms with E-state index in [1.807, 2.05) is 6.92 Å².